The van der Waals surface area contributed by atoms with E-state index in [0.717, 1.165) is 30.6 Å². The number of rotatable bonds is 5. The van der Waals surface area contributed by atoms with Crippen molar-refractivity contribution in [2.45, 2.75) is 38.3 Å². The van der Waals surface area contributed by atoms with Gasteiger partial charge in [0.2, 0.25) is 5.91 Å². The van der Waals surface area contributed by atoms with Gasteiger partial charge in [0.25, 0.3) is 0 Å². The quantitative estimate of drug-likeness (QED) is 0.808. The van der Waals surface area contributed by atoms with Crippen LogP contribution < -0.4 is 11.1 Å². The van der Waals surface area contributed by atoms with Gasteiger partial charge in [0.1, 0.15) is 4.99 Å². The van der Waals surface area contributed by atoms with Crippen LogP contribution in [0, 0.1) is 0 Å². The summed E-state index contributed by atoms with van der Waals surface area (Å²) in [6, 6.07) is 7.50. The Labute approximate surface area is 124 Å². The molecule has 0 radical (unpaired) electrons. The Morgan fingerprint density at radius 3 is 2.75 bits per heavy atom. The molecule has 1 aromatic carbocycles. The number of hydrogen-bond donors (Lipinski definition) is 2. The molecule has 1 saturated heterocycles. The average Bonchev–Trinajstić information content (AvgIpc) is 2.93. The van der Waals surface area contributed by atoms with Crippen LogP contribution in [0.4, 0.5) is 0 Å². The maximum Gasteiger partial charge on any atom is 0.224 e. The molecule has 5 heteroatoms. The Hall–Kier alpha value is -1.46. The molecular weight excluding hydrogens is 272 g/mol. The van der Waals surface area contributed by atoms with Gasteiger partial charge in [0.05, 0.1) is 18.6 Å². The normalized spacial score (nSPS) is 19.6. The third kappa shape index (κ3) is 4.02. The minimum Gasteiger partial charge on any atom is -0.389 e. The summed E-state index contributed by atoms with van der Waals surface area (Å²) in [6.45, 7) is 2.79. The third-order valence-corrected chi connectivity index (χ3v) is 3.75. The fourth-order valence-corrected chi connectivity index (χ4v) is 2.50. The summed E-state index contributed by atoms with van der Waals surface area (Å²) in [5, 5.41) is 2.99. The number of thiocarbonyl (C=S) groups is 1. The van der Waals surface area contributed by atoms with Gasteiger partial charge in [-0.1, -0.05) is 36.5 Å². The van der Waals surface area contributed by atoms with Crippen molar-refractivity contribution in [3.63, 3.8) is 0 Å². The Balaban J connectivity index is 1.85. The van der Waals surface area contributed by atoms with Gasteiger partial charge in [0.15, 0.2) is 0 Å². The predicted molar refractivity (Wildman–Crippen MR) is 82.6 cm³/mol. The molecule has 2 rings (SSSR count). The molecule has 2 unspecified atom stereocenters. The zero-order valence-corrected chi connectivity index (χ0v) is 12.4. The minimum atomic E-state index is 0.0103. The highest BCUT2D eigenvalue weighted by Gasteiger charge is 2.23. The highest BCUT2D eigenvalue weighted by molar-refractivity contribution is 7.80. The van der Waals surface area contributed by atoms with Crippen molar-refractivity contribution in [1.82, 2.24) is 5.32 Å². The van der Waals surface area contributed by atoms with E-state index in [-0.39, 0.29) is 18.1 Å². The molecule has 20 heavy (non-hydrogen) atoms. The van der Waals surface area contributed by atoms with Gasteiger partial charge in [-0.15, -0.1) is 0 Å². The standard InChI is InChI=1S/C15H20N2O2S/c1-10(13-3-2-8-19-13)17-14(18)9-11-4-6-12(7-5-11)15(16)20/h4-7,10,13H,2-3,8-9H2,1H3,(H2,16,20)(H,17,18). The van der Waals surface area contributed by atoms with E-state index >= 15 is 0 Å². The van der Waals surface area contributed by atoms with Crippen LogP contribution in [0.2, 0.25) is 0 Å². The maximum atomic E-state index is 12.0. The first-order valence-corrected chi connectivity index (χ1v) is 7.27. The number of carbonyl (C=O) groups excluding carboxylic acids is 1. The third-order valence-electron chi connectivity index (χ3n) is 3.51. The smallest absolute Gasteiger partial charge is 0.224 e. The van der Waals surface area contributed by atoms with E-state index in [1.54, 1.807) is 0 Å². The number of hydrogen-bond acceptors (Lipinski definition) is 3. The first-order chi connectivity index (χ1) is 9.56. The summed E-state index contributed by atoms with van der Waals surface area (Å²) in [7, 11) is 0. The molecule has 1 heterocycles. The number of amides is 1. The molecule has 1 aliphatic heterocycles. The Morgan fingerprint density at radius 2 is 2.20 bits per heavy atom. The molecule has 1 fully saturated rings. The molecule has 3 N–H and O–H groups in total. The van der Waals surface area contributed by atoms with Gasteiger partial charge in [-0.05, 0) is 25.3 Å². The summed E-state index contributed by atoms with van der Waals surface area (Å²) in [4.78, 5) is 12.3. The van der Waals surface area contributed by atoms with Gasteiger partial charge in [-0.2, -0.15) is 0 Å². The monoisotopic (exact) mass is 292 g/mol. The molecule has 1 aromatic rings. The molecule has 0 aromatic heterocycles. The van der Waals surface area contributed by atoms with Crippen molar-refractivity contribution in [2.75, 3.05) is 6.61 Å². The topological polar surface area (TPSA) is 64.4 Å². The first kappa shape index (κ1) is 14.9. The van der Waals surface area contributed by atoms with E-state index in [0.29, 0.717) is 11.4 Å². The van der Waals surface area contributed by atoms with E-state index in [1.807, 2.05) is 31.2 Å². The van der Waals surface area contributed by atoms with Gasteiger partial charge < -0.3 is 15.8 Å². The molecule has 0 spiro atoms. The predicted octanol–water partition coefficient (Wildman–Crippen LogP) is 1.55. The van der Waals surface area contributed by atoms with Crippen LogP contribution in [-0.2, 0) is 16.0 Å². The molecule has 108 valence electrons. The summed E-state index contributed by atoms with van der Waals surface area (Å²) < 4.78 is 5.56. The number of ether oxygens (including phenoxy) is 1. The van der Waals surface area contributed by atoms with Crippen LogP contribution in [-0.4, -0.2) is 29.6 Å². The summed E-state index contributed by atoms with van der Waals surface area (Å²) >= 11 is 4.90. The second-order valence-corrected chi connectivity index (χ2v) is 5.59. The van der Waals surface area contributed by atoms with Crippen molar-refractivity contribution in [3.05, 3.63) is 35.4 Å². The minimum absolute atomic E-state index is 0.0103. The van der Waals surface area contributed by atoms with Crippen molar-refractivity contribution in [3.8, 4) is 0 Å². The summed E-state index contributed by atoms with van der Waals surface area (Å²) in [5.41, 5.74) is 7.30. The van der Waals surface area contributed by atoms with E-state index in [2.05, 4.69) is 5.32 Å². The van der Waals surface area contributed by atoms with Crippen molar-refractivity contribution in [1.29, 1.82) is 0 Å². The lowest BCUT2D eigenvalue weighted by atomic mass is 10.1. The second-order valence-electron chi connectivity index (χ2n) is 5.15. The zero-order valence-electron chi connectivity index (χ0n) is 11.6. The van der Waals surface area contributed by atoms with Gasteiger partial charge in [0, 0.05) is 12.2 Å². The van der Waals surface area contributed by atoms with Crippen LogP contribution in [0.5, 0.6) is 0 Å². The van der Waals surface area contributed by atoms with Crippen molar-refractivity contribution >= 4 is 23.1 Å². The Kier molecular flexibility index (Phi) is 5.09. The largest absolute Gasteiger partial charge is 0.389 e. The molecule has 0 saturated carbocycles. The summed E-state index contributed by atoms with van der Waals surface area (Å²) in [5.74, 6) is 0.0103. The van der Waals surface area contributed by atoms with Crippen LogP contribution >= 0.6 is 12.2 Å². The number of nitrogens with two attached hydrogens (primary N) is 1. The number of carbonyl (C=O) groups is 1. The van der Waals surface area contributed by atoms with E-state index in [1.165, 1.54) is 0 Å². The fraction of sp³-hybridized carbons (Fsp3) is 0.467. The van der Waals surface area contributed by atoms with Crippen LogP contribution in [0.15, 0.2) is 24.3 Å². The van der Waals surface area contributed by atoms with E-state index in [9.17, 15) is 4.79 Å². The molecule has 0 bridgehead atoms. The van der Waals surface area contributed by atoms with Crippen molar-refractivity contribution < 1.29 is 9.53 Å². The lowest BCUT2D eigenvalue weighted by molar-refractivity contribution is -0.121. The van der Waals surface area contributed by atoms with E-state index < -0.39 is 0 Å². The molecule has 1 amide bonds. The van der Waals surface area contributed by atoms with Crippen LogP contribution in [0.1, 0.15) is 30.9 Å². The molecule has 2 atom stereocenters. The molecule has 0 aliphatic carbocycles. The SMILES string of the molecule is CC(NC(=O)Cc1ccc(C(N)=S)cc1)C1CCCO1. The Morgan fingerprint density at radius 1 is 1.50 bits per heavy atom. The molecular formula is C15H20N2O2S. The second kappa shape index (κ2) is 6.81. The Bertz CT molecular complexity index is 481. The van der Waals surface area contributed by atoms with Crippen LogP contribution in [0.3, 0.4) is 0 Å². The van der Waals surface area contributed by atoms with Gasteiger partial charge in [-0.25, -0.2) is 0 Å². The molecule has 4 nitrogen and oxygen atoms in total. The fourth-order valence-electron chi connectivity index (χ4n) is 2.37. The molecule has 1 aliphatic rings. The van der Waals surface area contributed by atoms with Gasteiger partial charge >= 0.3 is 0 Å². The number of benzene rings is 1. The number of nitrogens with one attached hydrogen (secondary N) is 1. The lowest BCUT2D eigenvalue weighted by Crippen LogP contribution is -2.41. The highest BCUT2D eigenvalue weighted by Crippen LogP contribution is 2.15. The zero-order chi connectivity index (χ0) is 14.5. The van der Waals surface area contributed by atoms with Crippen LogP contribution in [0.25, 0.3) is 0 Å². The van der Waals surface area contributed by atoms with Gasteiger partial charge in [-0.3, -0.25) is 4.79 Å². The first-order valence-electron chi connectivity index (χ1n) is 6.86. The average molecular weight is 292 g/mol. The lowest BCUT2D eigenvalue weighted by Gasteiger charge is -2.20. The van der Waals surface area contributed by atoms with Crippen molar-refractivity contribution in [2.24, 2.45) is 5.73 Å². The summed E-state index contributed by atoms with van der Waals surface area (Å²) in [6.07, 6.45) is 2.60. The maximum absolute atomic E-state index is 12.0. The van der Waals surface area contributed by atoms with E-state index in [4.69, 9.17) is 22.7 Å². The highest BCUT2D eigenvalue weighted by atomic mass is 32.1.